The van der Waals surface area contributed by atoms with Crippen molar-refractivity contribution in [2.45, 2.75) is 0 Å². The molecule has 0 unspecified atom stereocenters. The van der Waals surface area contributed by atoms with Gasteiger partial charge in [-0.2, -0.15) is 0 Å². The maximum Gasteiger partial charge on any atom is 0.330 e. The first kappa shape index (κ1) is 10.4. The Morgan fingerprint density at radius 2 is 2.17 bits per heavy atom. The SMILES string of the molecule is C=CCOC(=O)C=CCOC=O. The molecule has 0 bridgehead atoms. The van der Waals surface area contributed by atoms with Crippen molar-refractivity contribution < 1.29 is 19.1 Å². The second-order valence-corrected chi connectivity index (χ2v) is 1.75. The zero-order valence-corrected chi connectivity index (χ0v) is 6.56. The van der Waals surface area contributed by atoms with Crippen LogP contribution in [0.25, 0.3) is 0 Å². The lowest BCUT2D eigenvalue weighted by Gasteiger charge is -1.94. The van der Waals surface area contributed by atoms with Gasteiger partial charge in [0.05, 0.1) is 0 Å². The zero-order chi connectivity index (χ0) is 9.23. The molecule has 0 aliphatic carbocycles. The van der Waals surface area contributed by atoms with Crippen molar-refractivity contribution in [1.29, 1.82) is 0 Å². The van der Waals surface area contributed by atoms with E-state index in [1.807, 2.05) is 0 Å². The van der Waals surface area contributed by atoms with Gasteiger partial charge in [0.1, 0.15) is 13.2 Å². The Kier molecular flexibility index (Phi) is 6.54. The number of rotatable bonds is 6. The van der Waals surface area contributed by atoms with Gasteiger partial charge in [-0.25, -0.2) is 4.79 Å². The Labute approximate surface area is 70.5 Å². The molecule has 0 N–H and O–H groups in total. The van der Waals surface area contributed by atoms with Gasteiger partial charge in [0, 0.05) is 6.08 Å². The van der Waals surface area contributed by atoms with Gasteiger partial charge in [0.25, 0.3) is 6.47 Å². The van der Waals surface area contributed by atoms with Crippen molar-refractivity contribution in [1.82, 2.24) is 0 Å². The molecule has 66 valence electrons. The number of hydrogen-bond donors (Lipinski definition) is 0. The molecule has 4 heteroatoms. The van der Waals surface area contributed by atoms with E-state index in [0.717, 1.165) is 0 Å². The van der Waals surface area contributed by atoms with Gasteiger partial charge < -0.3 is 9.47 Å². The van der Waals surface area contributed by atoms with Crippen LogP contribution in [0.2, 0.25) is 0 Å². The average molecular weight is 170 g/mol. The van der Waals surface area contributed by atoms with Crippen LogP contribution in [0.5, 0.6) is 0 Å². The summed E-state index contributed by atoms with van der Waals surface area (Å²) in [5.74, 6) is -0.482. The largest absolute Gasteiger partial charge is 0.464 e. The first-order valence-electron chi connectivity index (χ1n) is 3.30. The highest BCUT2D eigenvalue weighted by atomic mass is 16.5. The zero-order valence-electron chi connectivity index (χ0n) is 6.56. The normalized spacial score (nSPS) is 9.33. The Morgan fingerprint density at radius 3 is 2.75 bits per heavy atom. The molecule has 0 spiro atoms. The first-order valence-corrected chi connectivity index (χ1v) is 3.30. The number of esters is 1. The lowest BCUT2D eigenvalue weighted by molar-refractivity contribution is -0.136. The van der Waals surface area contributed by atoms with Crippen LogP contribution in [0.15, 0.2) is 24.8 Å². The molecular formula is C8H10O4. The number of ether oxygens (including phenoxy) is 2. The monoisotopic (exact) mass is 170 g/mol. The summed E-state index contributed by atoms with van der Waals surface area (Å²) in [6, 6.07) is 0. The van der Waals surface area contributed by atoms with Crippen molar-refractivity contribution in [2.75, 3.05) is 13.2 Å². The van der Waals surface area contributed by atoms with Gasteiger partial charge in [0.2, 0.25) is 0 Å². The van der Waals surface area contributed by atoms with Gasteiger partial charge in [0.15, 0.2) is 0 Å². The quantitative estimate of drug-likeness (QED) is 0.191. The van der Waals surface area contributed by atoms with Crippen molar-refractivity contribution in [3.63, 3.8) is 0 Å². The lowest BCUT2D eigenvalue weighted by atomic mass is 10.5. The van der Waals surface area contributed by atoms with Crippen LogP contribution in [0, 0.1) is 0 Å². The Balaban J connectivity index is 3.46. The minimum Gasteiger partial charge on any atom is -0.464 e. The fraction of sp³-hybridized carbons (Fsp3) is 0.250. The minimum atomic E-state index is -0.482. The molecule has 0 aromatic carbocycles. The van der Waals surface area contributed by atoms with Gasteiger partial charge in [-0.15, -0.1) is 0 Å². The molecule has 0 saturated carbocycles. The number of carbonyl (C=O) groups excluding carboxylic acids is 2. The molecule has 0 saturated heterocycles. The maximum atomic E-state index is 10.7. The molecule has 0 aliphatic rings. The first-order chi connectivity index (χ1) is 5.81. The van der Waals surface area contributed by atoms with Crippen molar-refractivity contribution in [3.05, 3.63) is 24.8 Å². The highest BCUT2D eigenvalue weighted by Crippen LogP contribution is 1.82. The summed E-state index contributed by atoms with van der Waals surface area (Å²) in [4.78, 5) is 20.3. The second-order valence-electron chi connectivity index (χ2n) is 1.75. The summed E-state index contributed by atoms with van der Waals surface area (Å²) in [5.41, 5.74) is 0. The molecular weight excluding hydrogens is 160 g/mol. The molecule has 0 rings (SSSR count). The van der Waals surface area contributed by atoms with Crippen LogP contribution in [0.4, 0.5) is 0 Å². The Morgan fingerprint density at radius 1 is 1.42 bits per heavy atom. The smallest absolute Gasteiger partial charge is 0.330 e. The standard InChI is InChI=1S/C8H10O4/c1-2-5-12-8(10)4-3-6-11-7-9/h2-4,7H,1,5-6H2. The van der Waals surface area contributed by atoms with Crippen molar-refractivity contribution in [2.24, 2.45) is 0 Å². The van der Waals surface area contributed by atoms with Crippen LogP contribution < -0.4 is 0 Å². The van der Waals surface area contributed by atoms with E-state index in [0.29, 0.717) is 6.47 Å². The molecule has 0 aromatic rings. The van der Waals surface area contributed by atoms with E-state index in [2.05, 4.69) is 16.1 Å². The summed E-state index contributed by atoms with van der Waals surface area (Å²) < 4.78 is 8.88. The molecule has 4 nitrogen and oxygen atoms in total. The molecule has 0 fully saturated rings. The molecule has 0 heterocycles. The van der Waals surface area contributed by atoms with Crippen molar-refractivity contribution in [3.8, 4) is 0 Å². The van der Waals surface area contributed by atoms with Crippen LogP contribution in [-0.2, 0) is 19.1 Å². The molecule has 0 atom stereocenters. The van der Waals surface area contributed by atoms with E-state index >= 15 is 0 Å². The second kappa shape index (κ2) is 7.53. The summed E-state index contributed by atoms with van der Waals surface area (Å²) in [6.07, 6.45) is 4.04. The Hall–Kier alpha value is -1.58. The van der Waals surface area contributed by atoms with Gasteiger partial charge in [-0.1, -0.05) is 12.7 Å². The molecule has 0 aliphatic heterocycles. The van der Waals surface area contributed by atoms with Gasteiger partial charge in [-0.3, -0.25) is 4.79 Å². The van der Waals surface area contributed by atoms with Crippen LogP contribution in [0.1, 0.15) is 0 Å². The highest BCUT2D eigenvalue weighted by Gasteiger charge is 1.91. The molecule has 0 radical (unpaired) electrons. The number of carbonyl (C=O) groups is 2. The third kappa shape index (κ3) is 6.54. The average Bonchev–Trinajstić information content (AvgIpc) is 2.09. The number of hydrogen-bond acceptors (Lipinski definition) is 4. The maximum absolute atomic E-state index is 10.7. The third-order valence-corrected chi connectivity index (χ3v) is 0.858. The van der Waals surface area contributed by atoms with E-state index in [1.165, 1.54) is 18.2 Å². The molecule has 12 heavy (non-hydrogen) atoms. The van der Waals surface area contributed by atoms with Gasteiger partial charge in [-0.05, 0) is 6.08 Å². The summed E-state index contributed by atoms with van der Waals surface area (Å²) in [7, 11) is 0. The van der Waals surface area contributed by atoms with Crippen LogP contribution in [0.3, 0.4) is 0 Å². The molecule has 0 amide bonds. The predicted octanol–water partition coefficient (Wildman–Crippen LogP) is 0.445. The summed E-state index contributed by atoms with van der Waals surface area (Å²) >= 11 is 0. The van der Waals surface area contributed by atoms with E-state index in [4.69, 9.17) is 0 Å². The fourth-order valence-electron chi connectivity index (χ4n) is 0.428. The third-order valence-electron chi connectivity index (χ3n) is 0.858. The van der Waals surface area contributed by atoms with Crippen LogP contribution >= 0.6 is 0 Å². The lowest BCUT2D eigenvalue weighted by Crippen LogP contribution is -2.00. The Bertz CT molecular complexity index is 183. The van der Waals surface area contributed by atoms with E-state index in [-0.39, 0.29) is 13.2 Å². The highest BCUT2D eigenvalue weighted by molar-refractivity contribution is 5.81. The topological polar surface area (TPSA) is 52.6 Å². The summed E-state index contributed by atoms with van der Waals surface area (Å²) in [6.45, 7) is 3.93. The van der Waals surface area contributed by atoms with Crippen LogP contribution in [-0.4, -0.2) is 25.7 Å². The minimum absolute atomic E-state index is 0.0761. The van der Waals surface area contributed by atoms with E-state index < -0.39 is 5.97 Å². The van der Waals surface area contributed by atoms with Crippen molar-refractivity contribution >= 4 is 12.4 Å². The van der Waals surface area contributed by atoms with E-state index in [1.54, 1.807) is 0 Å². The predicted molar refractivity (Wildman–Crippen MR) is 42.3 cm³/mol. The summed E-state index contributed by atoms with van der Waals surface area (Å²) in [5, 5.41) is 0. The molecule has 0 aromatic heterocycles. The van der Waals surface area contributed by atoms with Gasteiger partial charge >= 0.3 is 5.97 Å². The van der Waals surface area contributed by atoms with E-state index in [9.17, 15) is 9.59 Å². The fourth-order valence-corrected chi connectivity index (χ4v) is 0.428.